The average Bonchev–Trinajstić information content (AvgIpc) is 2.86. The summed E-state index contributed by atoms with van der Waals surface area (Å²) in [4.78, 5) is 16.0. The van der Waals surface area contributed by atoms with Crippen LogP contribution in [0.5, 0.6) is 5.75 Å². The summed E-state index contributed by atoms with van der Waals surface area (Å²) in [5.41, 5.74) is 0.475. The molecule has 0 unspecified atom stereocenters. The van der Waals surface area contributed by atoms with Crippen LogP contribution >= 0.6 is 0 Å². The quantitative estimate of drug-likeness (QED) is 0.890. The van der Waals surface area contributed by atoms with Crippen molar-refractivity contribution in [1.29, 1.82) is 0 Å². The van der Waals surface area contributed by atoms with Crippen molar-refractivity contribution in [2.75, 3.05) is 12.4 Å². The van der Waals surface area contributed by atoms with Crippen molar-refractivity contribution < 1.29 is 13.9 Å². The van der Waals surface area contributed by atoms with Gasteiger partial charge < -0.3 is 14.6 Å². The first-order valence-corrected chi connectivity index (χ1v) is 6.71. The van der Waals surface area contributed by atoms with Gasteiger partial charge in [-0.25, -0.2) is 9.37 Å². The second-order valence-electron chi connectivity index (χ2n) is 4.66. The molecule has 1 amide bonds. The van der Waals surface area contributed by atoms with Crippen LogP contribution in [0.25, 0.3) is 0 Å². The first kappa shape index (κ1) is 15.0. The van der Waals surface area contributed by atoms with E-state index in [1.807, 2.05) is 17.7 Å². The molecule has 21 heavy (non-hydrogen) atoms. The van der Waals surface area contributed by atoms with E-state index in [2.05, 4.69) is 10.3 Å². The summed E-state index contributed by atoms with van der Waals surface area (Å²) in [6, 6.07) is 4.02. The maximum Gasteiger partial charge on any atom is 0.224 e. The van der Waals surface area contributed by atoms with Gasteiger partial charge in [0.05, 0.1) is 12.8 Å². The largest absolute Gasteiger partial charge is 0.494 e. The standard InChI is InChI=1S/C15H18FN3O2/c1-11-17-7-9-19(11)8-3-4-15(20)18-13-6-5-12(16)10-14(13)21-2/h5-7,9-10H,3-4,8H2,1-2H3,(H,18,20). The fourth-order valence-corrected chi connectivity index (χ4v) is 2.03. The van der Waals surface area contributed by atoms with Gasteiger partial charge in [0.1, 0.15) is 17.4 Å². The maximum atomic E-state index is 13.1. The molecule has 1 aromatic carbocycles. The van der Waals surface area contributed by atoms with Gasteiger partial charge in [-0.05, 0) is 25.5 Å². The topological polar surface area (TPSA) is 56.1 Å². The summed E-state index contributed by atoms with van der Waals surface area (Å²) in [7, 11) is 1.44. The van der Waals surface area contributed by atoms with Crippen LogP contribution in [0, 0.1) is 12.7 Å². The summed E-state index contributed by atoms with van der Waals surface area (Å²) in [5, 5.41) is 2.73. The van der Waals surface area contributed by atoms with Crippen LogP contribution in [0.15, 0.2) is 30.6 Å². The molecule has 112 valence electrons. The molecule has 0 fully saturated rings. The molecule has 1 heterocycles. The number of benzene rings is 1. The van der Waals surface area contributed by atoms with Gasteiger partial charge in [0.15, 0.2) is 0 Å². The number of imidazole rings is 1. The summed E-state index contributed by atoms with van der Waals surface area (Å²) in [6.07, 6.45) is 4.69. The van der Waals surface area contributed by atoms with Gasteiger partial charge in [-0.1, -0.05) is 0 Å². The smallest absolute Gasteiger partial charge is 0.224 e. The molecule has 0 aliphatic rings. The lowest BCUT2D eigenvalue weighted by Gasteiger charge is -2.10. The fraction of sp³-hybridized carbons (Fsp3) is 0.333. The zero-order chi connectivity index (χ0) is 15.2. The number of halogens is 1. The summed E-state index contributed by atoms with van der Waals surface area (Å²) in [5.74, 6) is 0.711. The Hall–Kier alpha value is -2.37. The number of rotatable bonds is 6. The van der Waals surface area contributed by atoms with E-state index in [1.54, 1.807) is 6.20 Å². The molecule has 0 spiro atoms. The van der Waals surface area contributed by atoms with E-state index in [0.29, 0.717) is 24.3 Å². The number of hydrogen-bond acceptors (Lipinski definition) is 3. The number of methoxy groups -OCH3 is 1. The maximum absolute atomic E-state index is 13.1. The zero-order valence-corrected chi connectivity index (χ0v) is 12.1. The monoisotopic (exact) mass is 291 g/mol. The number of nitrogens with one attached hydrogen (secondary N) is 1. The Balaban J connectivity index is 1.86. The van der Waals surface area contributed by atoms with Gasteiger partial charge in [-0.3, -0.25) is 4.79 Å². The molecule has 2 rings (SSSR count). The third-order valence-electron chi connectivity index (χ3n) is 3.16. The number of ether oxygens (including phenoxy) is 1. The molecule has 1 N–H and O–H groups in total. The minimum absolute atomic E-state index is 0.127. The lowest BCUT2D eigenvalue weighted by molar-refractivity contribution is -0.116. The van der Waals surface area contributed by atoms with Gasteiger partial charge in [0.25, 0.3) is 0 Å². The van der Waals surface area contributed by atoms with Crippen LogP contribution in [0.4, 0.5) is 10.1 Å². The SMILES string of the molecule is COc1cc(F)ccc1NC(=O)CCCn1ccnc1C. The normalized spacial score (nSPS) is 10.4. The van der Waals surface area contributed by atoms with E-state index < -0.39 is 5.82 Å². The van der Waals surface area contributed by atoms with Crippen LogP contribution in [0.3, 0.4) is 0 Å². The van der Waals surface area contributed by atoms with E-state index in [-0.39, 0.29) is 5.91 Å². The predicted molar refractivity (Wildman–Crippen MR) is 77.8 cm³/mol. The molecule has 0 bridgehead atoms. The highest BCUT2D eigenvalue weighted by Gasteiger charge is 2.08. The predicted octanol–water partition coefficient (Wildman–Crippen LogP) is 2.76. The number of amides is 1. The number of nitrogens with zero attached hydrogens (tertiary/aromatic N) is 2. The second-order valence-corrected chi connectivity index (χ2v) is 4.66. The van der Waals surface area contributed by atoms with Crippen molar-refractivity contribution in [3.8, 4) is 5.75 Å². The molecule has 0 aliphatic heterocycles. The zero-order valence-electron chi connectivity index (χ0n) is 12.1. The molecule has 0 radical (unpaired) electrons. The van der Waals surface area contributed by atoms with E-state index >= 15 is 0 Å². The Kier molecular flexibility index (Phi) is 4.92. The molecule has 1 aromatic heterocycles. The fourth-order valence-electron chi connectivity index (χ4n) is 2.03. The molecule has 0 aliphatic carbocycles. The first-order chi connectivity index (χ1) is 10.1. The van der Waals surface area contributed by atoms with Crippen molar-refractivity contribution in [2.45, 2.75) is 26.3 Å². The molecular formula is C15H18FN3O2. The Morgan fingerprint density at radius 2 is 2.29 bits per heavy atom. The Labute approximate surface area is 122 Å². The van der Waals surface area contributed by atoms with Crippen LogP contribution in [-0.4, -0.2) is 22.6 Å². The minimum atomic E-state index is -0.402. The highest BCUT2D eigenvalue weighted by molar-refractivity contribution is 5.92. The second kappa shape index (κ2) is 6.88. The molecular weight excluding hydrogens is 273 g/mol. The highest BCUT2D eigenvalue weighted by Crippen LogP contribution is 2.25. The molecule has 0 atom stereocenters. The molecule has 0 saturated heterocycles. The third-order valence-corrected chi connectivity index (χ3v) is 3.16. The molecule has 5 nitrogen and oxygen atoms in total. The van der Waals surface area contributed by atoms with Crippen molar-refractivity contribution in [1.82, 2.24) is 9.55 Å². The Morgan fingerprint density at radius 1 is 1.48 bits per heavy atom. The van der Waals surface area contributed by atoms with Crippen molar-refractivity contribution in [2.24, 2.45) is 0 Å². The Bertz CT molecular complexity index is 625. The lowest BCUT2D eigenvalue weighted by atomic mass is 10.2. The van der Waals surface area contributed by atoms with Gasteiger partial charge in [0, 0.05) is 31.4 Å². The van der Waals surface area contributed by atoms with Gasteiger partial charge in [0.2, 0.25) is 5.91 Å². The number of carbonyl (C=O) groups is 1. The minimum Gasteiger partial charge on any atom is -0.494 e. The first-order valence-electron chi connectivity index (χ1n) is 6.71. The summed E-state index contributed by atoms with van der Waals surface area (Å²) >= 11 is 0. The summed E-state index contributed by atoms with van der Waals surface area (Å²) < 4.78 is 20.1. The highest BCUT2D eigenvalue weighted by atomic mass is 19.1. The van der Waals surface area contributed by atoms with Crippen LogP contribution in [0.2, 0.25) is 0 Å². The average molecular weight is 291 g/mol. The number of aryl methyl sites for hydroxylation is 2. The van der Waals surface area contributed by atoms with Gasteiger partial charge in [-0.2, -0.15) is 0 Å². The van der Waals surface area contributed by atoms with Crippen molar-refractivity contribution >= 4 is 11.6 Å². The number of aromatic nitrogens is 2. The van der Waals surface area contributed by atoms with E-state index in [4.69, 9.17) is 4.74 Å². The molecule has 6 heteroatoms. The van der Waals surface area contributed by atoms with Gasteiger partial charge >= 0.3 is 0 Å². The lowest BCUT2D eigenvalue weighted by Crippen LogP contribution is -2.13. The number of carbonyl (C=O) groups excluding carboxylic acids is 1. The van der Waals surface area contributed by atoms with Crippen molar-refractivity contribution in [3.63, 3.8) is 0 Å². The van der Waals surface area contributed by atoms with Gasteiger partial charge in [-0.15, -0.1) is 0 Å². The molecule has 0 saturated carbocycles. The van der Waals surface area contributed by atoms with E-state index in [0.717, 1.165) is 12.4 Å². The van der Waals surface area contributed by atoms with Crippen molar-refractivity contribution in [3.05, 3.63) is 42.2 Å². The van der Waals surface area contributed by atoms with Crippen LogP contribution < -0.4 is 10.1 Å². The number of anilines is 1. The van der Waals surface area contributed by atoms with Crippen LogP contribution in [0.1, 0.15) is 18.7 Å². The van der Waals surface area contributed by atoms with E-state index in [9.17, 15) is 9.18 Å². The number of hydrogen-bond donors (Lipinski definition) is 1. The molecule has 2 aromatic rings. The van der Waals surface area contributed by atoms with E-state index in [1.165, 1.54) is 25.3 Å². The third kappa shape index (κ3) is 4.05. The van der Waals surface area contributed by atoms with Crippen LogP contribution in [-0.2, 0) is 11.3 Å². The summed E-state index contributed by atoms with van der Waals surface area (Å²) in [6.45, 7) is 2.66. The Morgan fingerprint density at radius 3 is 2.95 bits per heavy atom.